The molecule has 0 saturated heterocycles. The molecule has 0 radical (unpaired) electrons. The van der Waals surface area contributed by atoms with Gasteiger partial charge in [0.1, 0.15) is 11.5 Å². The summed E-state index contributed by atoms with van der Waals surface area (Å²) in [5, 5.41) is 0. The molecule has 0 unspecified atom stereocenters. The van der Waals surface area contributed by atoms with Gasteiger partial charge in [-0.3, -0.25) is 0 Å². The molecule has 1 rings (SSSR count). The van der Waals surface area contributed by atoms with Crippen molar-refractivity contribution in [3.63, 3.8) is 0 Å². The van der Waals surface area contributed by atoms with Crippen molar-refractivity contribution in [1.82, 2.24) is 0 Å². The summed E-state index contributed by atoms with van der Waals surface area (Å²) in [6.45, 7) is 7.51. The van der Waals surface area contributed by atoms with Crippen LogP contribution in [-0.4, -0.2) is 40.4 Å². The predicted molar refractivity (Wildman–Crippen MR) is 110 cm³/mol. The predicted octanol–water partition coefficient (Wildman–Crippen LogP) is 5.01. The second-order valence-electron chi connectivity index (χ2n) is 8.38. The molecule has 35 heavy (non-hydrogen) atoms. The Morgan fingerprint density at radius 1 is 0.771 bits per heavy atom. The Kier molecular flexibility index (Phi) is 9.88. The molecule has 8 nitrogen and oxygen atoms in total. The quantitative estimate of drug-likeness (QED) is 0.161. The second-order valence-corrected chi connectivity index (χ2v) is 11.5. The molecular formula is C19H24F6O8S2. The Balaban J connectivity index is 3.35. The summed E-state index contributed by atoms with van der Waals surface area (Å²) >= 11 is 0. The van der Waals surface area contributed by atoms with Crippen molar-refractivity contribution in [2.75, 3.05) is 6.61 Å². The molecule has 0 aliphatic rings. The van der Waals surface area contributed by atoms with E-state index in [2.05, 4.69) is 8.37 Å². The first-order valence-electron chi connectivity index (χ1n) is 9.98. The van der Waals surface area contributed by atoms with Gasteiger partial charge in [0.25, 0.3) is 0 Å². The number of esters is 1. The number of carbonyl (C=O) groups is 1. The van der Waals surface area contributed by atoms with E-state index in [1.807, 2.05) is 27.7 Å². The molecular weight excluding hydrogens is 534 g/mol. The normalized spacial score (nSPS) is 13.4. The molecule has 0 aliphatic heterocycles. The summed E-state index contributed by atoms with van der Waals surface area (Å²) in [5.74, 6) is -3.64. The van der Waals surface area contributed by atoms with Crippen molar-refractivity contribution in [3.8, 4) is 11.5 Å². The number of benzene rings is 1. The van der Waals surface area contributed by atoms with Crippen LogP contribution in [0.1, 0.15) is 50.9 Å². The van der Waals surface area contributed by atoms with Gasteiger partial charge in [-0.25, -0.2) is 4.79 Å². The zero-order chi connectivity index (χ0) is 27.4. The lowest BCUT2D eigenvalue weighted by Crippen LogP contribution is -2.29. The third kappa shape index (κ3) is 9.39. The van der Waals surface area contributed by atoms with E-state index in [1.165, 1.54) is 0 Å². The van der Waals surface area contributed by atoms with E-state index in [-0.39, 0.29) is 30.4 Å². The first-order chi connectivity index (χ1) is 15.6. The zero-order valence-electron chi connectivity index (χ0n) is 18.9. The van der Waals surface area contributed by atoms with Crippen LogP contribution in [0.4, 0.5) is 26.3 Å². The number of hydrogen-bond donors (Lipinski definition) is 0. The molecule has 0 bridgehead atoms. The third-order valence-electron chi connectivity index (χ3n) is 4.15. The van der Waals surface area contributed by atoms with Crippen molar-refractivity contribution in [1.29, 1.82) is 0 Å². The van der Waals surface area contributed by atoms with Gasteiger partial charge in [-0.15, -0.1) is 0 Å². The Hall–Kier alpha value is -2.23. The van der Waals surface area contributed by atoms with Crippen molar-refractivity contribution in [3.05, 3.63) is 23.8 Å². The average Bonchev–Trinajstić information content (AvgIpc) is 2.62. The Bertz CT molecular complexity index is 1020. The minimum Gasteiger partial charge on any atom is -0.462 e. The molecule has 0 aliphatic carbocycles. The summed E-state index contributed by atoms with van der Waals surface area (Å²) < 4.78 is 134. The van der Waals surface area contributed by atoms with E-state index in [1.54, 1.807) is 0 Å². The van der Waals surface area contributed by atoms with Crippen molar-refractivity contribution in [2.24, 2.45) is 17.8 Å². The zero-order valence-corrected chi connectivity index (χ0v) is 20.6. The minimum atomic E-state index is -6.31. The van der Waals surface area contributed by atoms with Crippen LogP contribution in [0.25, 0.3) is 0 Å². The fourth-order valence-electron chi connectivity index (χ4n) is 2.98. The maximum Gasteiger partial charge on any atom is 0.534 e. The third-order valence-corrected chi connectivity index (χ3v) is 6.11. The van der Waals surface area contributed by atoms with E-state index in [4.69, 9.17) is 4.74 Å². The number of alkyl halides is 6. The number of hydrogen-bond acceptors (Lipinski definition) is 8. The van der Waals surface area contributed by atoms with Crippen LogP contribution in [0.2, 0.25) is 0 Å². The van der Waals surface area contributed by atoms with Gasteiger partial charge < -0.3 is 13.1 Å². The summed E-state index contributed by atoms with van der Waals surface area (Å²) in [7, 11) is -12.6. The van der Waals surface area contributed by atoms with Crippen molar-refractivity contribution >= 4 is 26.2 Å². The number of ether oxygens (including phenoxy) is 1. The maximum absolute atomic E-state index is 12.6. The topological polar surface area (TPSA) is 113 Å². The average molecular weight is 559 g/mol. The summed E-state index contributed by atoms with van der Waals surface area (Å²) in [6.07, 6.45) is 1.27. The highest BCUT2D eigenvalue weighted by atomic mass is 32.2. The molecule has 0 spiro atoms. The van der Waals surface area contributed by atoms with Crippen LogP contribution in [0.15, 0.2) is 18.2 Å². The van der Waals surface area contributed by atoms with Gasteiger partial charge >= 0.3 is 37.2 Å². The van der Waals surface area contributed by atoms with E-state index in [0.29, 0.717) is 25.0 Å². The van der Waals surface area contributed by atoms with E-state index >= 15 is 0 Å². The van der Waals surface area contributed by atoms with Crippen molar-refractivity contribution < 1.29 is 61.1 Å². The highest BCUT2D eigenvalue weighted by Gasteiger charge is 2.50. The Morgan fingerprint density at radius 3 is 1.46 bits per heavy atom. The molecule has 1 aromatic rings. The molecule has 0 N–H and O–H groups in total. The first-order valence-corrected chi connectivity index (χ1v) is 12.8. The number of rotatable bonds is 11. The van der Waals surface area contributed by atoms with Crippen LogP contribution in [-0.2, 0) is 25.0 Å². The van der Waals surface area contributed by atoms with Gasteiger partial charge in [-0.05, 0) is 42.7 Å². The summed E-state index contributed by atoms with van der Waals surface area (Å²) in [4.78, 5) is 12.5. The van der Waals surface area contributed by atoms with Gasteiger partial charge in [0.15, 0.2) is 0 Å². The highest BCUT2D eigenvalue weighted by molar-refractivity contribution is 7.88. The van der Waals surface area contributed by atoms with Gasteiger partial charge in [0, 0.05) is 6.07 Å². The van der Waals surface area contributed by atoms with Crippen LogP contribution in [0.5, 0.6) is 11.5 Å². The van der Waals surface area contributed by atoms with Crippen LogP contribution < -0.4 is 8.37 Å². The van der Waals surface area contributed by atoms with E-state index in [9.17, 15) is 48.0 Å². The first kappa shape index (κ1) is 30.8. The molecule has 0 heterocycles. The fraction of sp³-hybridized carbons (Fsp3) is 0.632. The highest BCUT2D eigenvalue weighted by Crippen LogP contribution is 2.33. The lowest BCUT2D eigenvalue weighted by molar-refractivity contribution is -0.0502. The smallest absolute Gasteiger partial charge is 0.462 e. The van der Waals surface area contributed by atoms with Gasteiger partial charge in [0.2, 0.25) is 0 Å². The SMILES string of the molecule is CC(C)CC(COC(=O)c1cc(OS(=O)(=O)C(F)(F)F)cc(OS(=O)(=O)C(F)(F)F)c1)CC(C)C. The lowest BCUT2D eigenvalue weighted by atomic mass is 9.90. The van der Waals surface area contributed by atoms with Gasteiger partial charge in [-0.1, -0.05) is 27.7 Å². The van der Waals surface area contributed by atoms with Crippen LogP contribution in [0, 0.1) is 17.8 Å². The monoisotopic (exact) mass is 558 g/mol. The maximum atomic E-state index is 12.6. The molecule has 0 atom stereocenters. The van der Waals surface area contributed by atoms with Gasteiger partial charge in [0.05, 0.1) is 12.2 Å². The standard InChI is InChI=1S/C19H24F6O8S2/c1-11(2)5-13(6-12(3)4)10-31-17(26)14-7-15(32-34(27,28)18(20,21)22)9-16(8-14)33-35(29,30)19(23,24)25/h7-9,11-13H,5-6,10H2,1-4H3. The van der Waals surface area contributed by atoms with Gasteiger partial charge in [-0.2, -0.15) is 43.2 Å². The minimum absolute atomic E-state index is 0.129. The molecule has 0 aromatic heterocycles. The summed E-state index contributed by atoms with van der Waals surface area (Å²) in [6, 6.07) is 0.987. The molecule has 202 valence electrons. The largest absolute Gasteiger partial charge is 0.534 e. The Morgan fingerprint density at radius 2 is 1.14 bits per heavy atom. The molecule has 0 amide bonds. The van der Waals surface area contributed by atoms with Crippen LogP contribution in [0.3, 0.4) is 0 Å². The fourth-order valence-corrected chi connectivity index (χ4v) is 3.86. The molecule has 16 heteroatoms. The van der Waals surface area contributed by atoms with E-state index < -0.39 is 54.3 Å². The van der Waals surface area contributed by atoms with Crippen LogP contribution >= 0.6 is 0 Å². The molecule has 0 fully saturated rings. The molecule has 0 saturated carbocycles. The van der Waals surface area contributed by atoms with Crippen molar-refractivity contribution in [2.45, 2.75) is 51.6 Å². The number of carbonyl (C=O) groups excluding carboxylic acids is 1. The second kappa shape index (κ2) is 11.2. The molecule has 1 aromatic carbocycles. The summed E-state index contributed by atoms with van der Waals surface area (Å²) in [5.41, 5.74) is -12.7. The van der Waals surface area contributed by atoms with E-state index in [0.717, 1.165) is 0 Å². The lowest BCUT2D eigenvalue weighted by Gasteiger charge is -2.21. The Labute approximate surface area is 198 Å². The number of halogens is 6.